The molecule has 0 unspecified atom stereocenters. The fraction of sp³-hybridized carbons (Fsp3) is 0.467. The maximum absolute atomic E-state index is 11.2. The topological polar surface area (TPSA) is 37.3 Å². The minimum Gasteiger partial charge on any atom is -0.478 e. The highest BCUT2D eigenvalue weighted by Crippen LogP contribution is 2.24. The number of unbranched alkanes of at least 4 members (excludes halogenated alkanes) is 2. The largest absolute Gasteiger partial charge is 0.478 e. The van der Waals surface area contributed by atoms with Crippen molar-refractivity contribution in [1.29, 1.82) is 0 Å². The van der Waals surface area contributed by atoms with Crippen LogP contribution in [0, 0.1) is 6.42 Å². The molecule has 0 saturated carbocycles. The van der Waals surface area contributed by atoms with Gasteiger partial charge in [0.05, 0.1) is 5.56 Å². The molecule has 0 fully saturated rings. The van der Waals surface area contributed by atoms with E-state index in [1.54, 1.807) is 6.07 Å². The van der Waals surface area contributed by atoms with E-state index in [9.17, 15) is 9.90 Å². The van der Waals surface area contributed by atoms with Crippen molar-refractivity contribution in [3.63, 3.8) is 0 Å². The normalized spacial score (nSPS) is 10.8. The average Bonchev–Trinajstić information content (AvgIpc) is 2.28. The number of rotatable bonds is 6. The van der Waals surface area contributed by atoms with Gasteiger partial charge in [-0.15, -0.1) is 0 Å². The predicted octanol–water partition coefficient (Wildman–Crippen LogP) is 4.06. The van der Waals surface area contributed by atoms with Gasteiger partial charge in [0.1, 0.15) is 0 Å². The van der Waals surface area contributed by atoms with Crippen LogP contribution in [-0.2, 0) is 6.42 Å². The first kappa shape index (κ1) is 13.8. The second kappa shape index (κ2) is 6.43. The Morgan fingerprint density at radius 1 is 1.41 bits per heavy atom. The second-order valence-corrected chi connectivity index (χ2v) is 4.63. The minimum absolute atomic E-state index is 0.370. The molecule has 1 rings (SSSR count). The zero-order valence-corrected chi connectivity index (χ0v) is 10.9. The molecule has 2 nitrogen and oxygen atoms in total. The third kappa shape index (κ3) is 3.58. The number of benzene rings is 1. The fourth-order valence-corrected chi connectivity index (χ4v) is 2.11. The van der Waals surface area contributed by atoms with Crippen molar-refractivity contribution in [3.05, 3.63) is 41.3 Å². The van der Waals surface area contributed by atoms with Crippen LogP contribution in [0.4, 0.5) is 0 Å². The third-order valence-corrected chi connectivity index (χ3v) is 2.98. The van der Waals surface area contributed by atoms with Crippen LogP contribution >= 0.6 is 0 Å². The molecular weight excluding hydrogens is 212 g/mol. The molecule has 0 aliphatic rings. The van der Waals surface area contributed by atoms with E-state index < -0.39 is 5.97 Å². The van der Waals surface area contributed by atoms with Gasteiger partial charge in [-0.2, -0.15) is 0 Å². The maximum Gasteiger partial charge on any atom is 0.335 e. The number of carboxylic acids is 1. The standard InChI is InChI=1S/C15H21O2/c1-4-5-6-8-13-12(11(2)3)9-7-10-14(13)15(16)17/h4,7,9-11H,5-6,8H2,1-3H3,(H,16,17). The van der Waals surface area contributed by atoms with E-state index in [1.807, 2.05) is 19.1 Å². The molecule has 0 amide bonds. The third-order valence-electron chi connectivity index (χ3n) is 2.98. The molecule has 0 saturated heterocycles. The van der Waals surface area contributed by atoms with Crippen molar-refractivity contribution in [3.8, 4) is 0 Å². The molecule has 1 aromatic rings. The Hall–Kier alpha value is -1.31. The highest BCUT2D eigenvalue weighted by atomic mass is 16.4. The summed E-state index contributed by atoms with van der Waals surface area (Å²) in [5.74, 6) is -0.446. The van der Waals surface area contributed by atoms with Gasteiger partial charge < -0.3 is 5.11 Å². The second-order valence-electron chi connectivity index (χ2n) is 4.63. The van der Waals surface area contributed by atoms with Gasteiger partial charge in [-0.25, -0.2) is 4.79 Å². The quantitative estimate of drug-likeness (QED) is 0.752. The lowest BCUT2D eigenvalue weighted by Gasteiger charge is -2.15. The maximum atomic E-state index is 11.2. The van der Waals surface area contributed by atoms with Crippen LogP contribution < -0.4 is 0 Å². The van der Waals surface area contributed by atoms with Crippen LogP contribution in [0.25, 0.3) is 0 Å². The van der Waals surface area contributed by atoms with Crippen LogP contribution in [0.1, 0.15) is 61.0 Å². The summed E-state index contributed by atoms with van der Waals surface area (Å²) in [4.78, 5) is 11.2. The van der Waals surface area contributed by atoms with Gasteiger partial charge in [0.2, 0.25) is 0 Å². The molecule has 0 spiro atoms. The highest BCUT2D eigenvalue weighted by molar-refractivity contribution is 5.89. The number of hydrogen-bond donors (Lipinski definition) is 1. The van der Waals surface area contributed by atoms with Gasteiger partial charge in [0.25, 0.3) is 0 Å². The molecule has 17 heavy (non-hydrogen) atoms. The summed E-state index contributed by atoms with van der Waals surface area (Å²) in [5.41, 5.74) is 2.64. The van der Waals surface area contributed by atoms with Crippen molar-refractivity contribution in [1.82, 2.24) is 0 Å². The predicted molar refractivity (Wildman–Crippen MR) is 70.4 cm³/mol. The summed E-state index contributed by atoms with van der Waals surface area (Å²) in [7, 11) is 0. The van der Waals surface area contributed by atoms with Crippen molar-refractivity contribution in [2.75, 3.05) is 0 Å². The summed E-state index contributed by atoms with van der Waals surface area (Å²) in [6.07, 6.45) is 5.02. The zero-order chi connectivity index (χ0) is 12.8. The molecule has 1 aromatic carbocycles. The Kier molecular flexibility index (Phi) is 5.20. The minimum atomic E-state index is -0.817. The van der Waals surface area contributed by atoms with E-state index in [2.05, 4.69) is 20.3 Å². The van der Waals surface area contributed by atoms with E-state index in [1.165, 1.54) is 5.56 Å². The van der Waals surface area contributed by atoms with Crippen LogP contribution in [0.3, 0.4) is 0 Å². The zero-order valence-electron chi connectivity index (χ0n) is 10.9. The van der Waals surface area contributed by atoms with Crippen molar-refractivity contribution in [2.24, 2.45) is 0 Å². The number of carbonyl (C=O) groups is 1. The first-order valence-corrected chi connectivity index (χ1v) is 6.20. The van der Waals surface area contributed by atoms with Gasteiger partial charge in [-0.3, -0.25) is 0 Å². The summed E-state index contributed by atoms with van der Waals surface area (Å²) >= 11 is 0. The number of hydrogen-bond acceptors (Lipinski definition) is 1. The molecule has 2 heteroatoms. The van der Waals surface area contributed by atoms with Gasteiger partial charge in [-0.05, 0) is 42.4 Å². The molecule has 1 radical (unpaired) electrons. The first-order valence-electron chi connectivity index (χ1n) is 6.20. The van der Waals surface area contributed by atoms with Crippen LogP contribution in [0.5, 0.6) is 0 Å². The first-order chi connectivity index (χ1) is 8.07. The molecule has 0 aliphatic heterocycles. The molecule has 0 aliphatic carbocycles. The number of aromatic carboxylic acids is 1. The molecule has 0 aromatic heterocycles. The Morgan fingerprint density at radius 2 is 2.12 bits per heavy atom. The van der Waals surface area contributed by atoms with Crippen LogP contribution in [0.15, 0.2) is 18.2 Å². The summed E-state index contributed by atoms with van der Waals surface area (Å²) in [6.45, 7) is 6.25. The van der Waals surface area contributed by atoms with Gasteiger partial charge in [0, 0.05) is 0 Å². The Balaban J connectivity index is 3.05. The van der Waals surface area contributed by atoms with Crippen LogP contribution in [-0.4, -0.2) is 11.1 Å². The van der Waals surface area contributed by atoms with E-state index in [0.717, 1.165) is 24.8 Å². The van der Waals surface area contributed by atoms with Crippen molar-refractivity contribution < 1.29 is 9.90 Å². The monoisotopic (exact) mass is 233 g/mol. The van der Waals surface area contributed by atoms with Crippen LogP contribution in [0.2, 0.25) is 0 Å². The van der Waals surface area contributed by atoms with E-state index >= 15 is 0 Å². The lowest BCUT2D eigenvalue weighted by molar-refractivity contribution is 0.0695. The van der Waals surface area contributed by atoms with Gasteiger partial charge >= 0.3 is 5.97 Å². The average molecular weight is 233 g/mol. The Morgan fingerprint density at radius 3 is 2.65 bits per heavy atom. The SMILES string of the molecule is C[CH]CCCc1c(C(=O)O)cccc1C(C)C. The molecule has 93 valence electrons. The van der Waals surface area contributed by atoms with E-state index in [-0.39, 0.29) is 0 Å². The summed E-state index contributed by atoms with van der Waals surface area (Å²) < 4.78 is 0. The lowest BCUT2D eigenvalue weighted by atomic mass is 9.90. The van der Waals surface area contributed by atoms with Gasteiger partial charge in [-0.1, -0.05) is 39.3 Å². The molecule has 0 bridgehead atoms. The van der Waals surface area contributed by atoms with E-state index in [4.69, 9.17) is 0 Å². The van der Waals surface area contributed by atoms with Crippen molar-refractivity contribution >= 4 is 5.97 Å². The number of carboxylic acid groups (broad SMARTS) is 1. The van der Waals surface area contributed by atoms with Crippen molar-refractivity contribution in [2.45, 2.75) is 46.0 Å². The highest BCUT2D eigenvalue weighted by Gasteiger charge is 2.15. The lowest BCUT2D eigenvalue weighted by Crippen LogP contribution is -2.07. The molecule has 0 heterocycles. The smallest absolute Gasteiger partial charge is 0.335 e. The Labute approximate surface area is 104 Å². The Bertz CT molecular complexity index is 381. The summed E-state index contributed by atoms with van der Waals surface area (Å²) in [6, 6.07) is 5.59. The summed E-state index contributed by atoms with van der Waals surface area (Å²) in [5, 5.41) is 9.22. The fourth-order valence-electron chi connectivity index (χ4n) is 2.11. The molecule has 1 N–H and O–H groups in total. The molecular formula is C15H21O2. The van der Waals surface area contributed by atoms with Gasteiger partial charge in [0.15, 0.2) is 0 Å². The van der Waals surface area contributed by atoms with E-state index in [0.29, 0.717) is 11.5 Å². The molecule has 0 atom stereocenters.